The molecule has 2 rings (SSSR count). The van der Waals surface area contributed by atoms with Crippen LogP contribution in [-0.2, 0) is 49.6 Å². The molecule has 0 aliphatic carbocycles. The molecule has 0 radical (unpaired) electrons. The largest absolute Gasteiger partial charge is 0.481 e. The summed E-state index contributed by atoms with van der Waals surface area (Å²) < 4.78 is 0. The van der Waals surface area contributed by atoms with E-state index in [4.69, 9.17) is 22.3 Å². The van der Waals surface area contributed by atoms with E-state index in [0.29, 0.717) is 19.3 Å². The number of carboxylic acid groups (broad SMARTS) is 2. The maximum absolute atomic E-state index is 13.9. The van der Waals surface area contributed by atoms with Gasteiger partial charge in [-0.3, -0.25) is 38.4 Å². The maximum atomic E-state index is 13.9. The van der Waals surface area contributed by atoms with Crippen LogP contribution in [0, 0.1) is 5.92 Å². The van der Waals surface area contributed by atoms with E-state index in [9.17, 15) is 48.3 Å². The Kier molecular flexibility index (Phi) is 18.8. The van der Waals surface area contributed by atoms with Crippen LogP contribution in [-0.4, -0.2) is 124 Å². The molecule has 7 atom stereocenters. The molecule has 0 bridgehead atoms. The summed E-state index contributed by atoms with van der Waals surface area (Å²) in [6.45, 7) is 4.85. The molecule has 20 heteroatoms. The number of rotatable bonds is 23. The van der Waals surface area contributed by atoms with Gasteiger partial charge >= 0.3 is 11.9 Å². The van der Waals surface area contributed by atoms with Crippen LogP contribution in [0.3, 0.4) is 0 Å². The molecule has 0 spiro atoms. The highest BCUT2D eigenvalue weighted by Crippen LogP contribution is 2.20. The third-order valence-corrected chi connectivity index (χ3v) is 9.07. The number of primary amides is 1. The van der Waals surface area contributed by atoms with E-state index in [0.717, 1.165) is 10.5 Å². The summed E-state index contributed by atoms with van der Waals surface area (Å²) in [5.74, 6) is -9.37. The molecule has 1 aliphatic heterocycles. The molecule has 1 heterocycles. The summed E-state index contributed by atoms with van der Waals surface area (Å²) in [7, 11) is 0. The molecule has 310 valence electrons. The first-order valence-corrected chi connectivity index (χ1v) is 18.4. The molecular formula is C36H55N9O11. The number of hydrogen-bond donors (Lipinski definition) is 10. The monoisotopic (exact) mass is 789 g/mol. The first-order chi connectivity index (χ1) is 26.4. The Morgan fingerprint density at radius 1 is 0.786 bits per heavy atom. The minimum absolute atomic E-state index is 0.0284. The number of carboxylic acids is 2. The number of benzene rings is 1. The molecule has 1 aliphatic rings. The predicted molar refractivity (Wildman–Crippen MR) is 200 cm³/mol. The standard InChI is InChI=1S/C36H55N9O11/c1-19(2)29(34(53)43-25(36(55)56)18-28(47)48)44-33(52)26-13-9-15-45(26)35(54)24(17-27(39)46)42-32(51)23(12-7-8-14-37)41-30(49)20(3)40-31(50)22(38)16-21-10-5-4-6-11-21/h4-6,10-11,19-20,22-26,29H,7-9,12-18,37-38H2,1-3H3,(H2,39,46)(H,40,50)(H,41,49)(H,42,51)(H,43,53)(H,44,52)(H,47,48)(H,55,56)/t20-,22-,23-,24-,25-,26-,29-/m0/s1. The van der Waals surface area contributed by atoms with E-state index in [1.807, 2.05) is 6.07 Å². The molecule has 0 aromatic heterocycles. The van der Waals surface area contributed by atoms with E-state index in [1.165, 1.54) is 6.92 Å². The number of carbonyl (C=O) groups is 9. The number of amides is 7. The molecule has 1 aromatic rings. The average Bonchev–Trinajstić information content (AvgIpc) is 3.62. The van der Waals surface area contributed by atoms with Crippen LogP contribution < -0.4 is 43.8 Å². The first kappa shape index (κ1) is 46.5. The van der Waals surface area contributed by atoms with Crippen LogP contribution in [0.1, 0.15) is 71.3 Å². The Labute approximate surface area is 324 Å². The van der Waals surface area contributed by atoms with Gasteiger partial charge in [-0.25, -0.2) is 4.79 Å². The lowest BCUT2D eigenvalue weighted by Crippen LogP contribution is -2.60. The van der Waals surface area contributed by atoms with Crippen molar-refractivity contribution in [3.05, 3.63) is 35.9 Å². The van der Waals surface area contributed by atoms with Gasteiger partial charge in [0.15, 0.2) is 0 Å². The Hall–Kier alpha value is -5.63. The number of nitrogens with one attached hydrogen (secondary N) is 5. The van der Waals surface area contributed by atoms with Crippen LogP contribution in [0.15, 0.2) is 30.3 Å². The molecule has 56 heavy (non-hydrogen) atoms. The van der Waals surface area contributed by atoms with E-state index in [1.54, 1.807) is 38.1 Å². The van der Waals surface area contributed by atoms with Crippen LogP contribution in [0.4, 0.5) is 0 Å². The number of hydrogen-bond acceptors (Lipinski definition) is 11. The number of nitrogens with zero attached hydrogens (tertiary/aromatic N) is 1. The molecule has 1 fully saturated rings. The minimum Gasteiger partial charge on any atom is -0.481 e. The van der Waals surface area contributed by atoms with E-state index >= 15 is 0 Å². The van der Waals surface area contributed by atoms with Crippen molar-refractivity contribution in [2.45, 2.75) is 114 Å². The molecular weight excluding hydrogens is 734 g/mol. The first-order valence-electron chi connectivity index (χ1n) is 18.4. The number of likely N-dealkylation sites (tertiary alicyclic amines) is 1. The van der Waals surface area contributed by atoms with Gasteiger partial charge in [-0.2, -0.15) is 0 Å². The van der Waals surface area contributed by atoms with Crippen LogP contribution in [0.25, 0.3) is 0 Å². The lowest BCUT2D eigenvalue weighted by atomic mass is 10.0. The molecule has 13 N–H and O–H groups in total. The Morgan fingerprint density at radius 2 is 1.41 bits per heavy atom. The molecule has 0 saturated carbocycles. The molecule has 7 amide bonds. The fourth-order valence-electron chi connectivity index (χ4n) is 6.00. The van der Waals surface area contributed by atoms with Gasteiger partial charge in [0.25, 0.3) is 0 Å². The number of nitrogens with two attached hydrogens (primary N) is 3. The van der Waals surface area contributed by atoms with Crippen molar-refractivity contribution in [2.24, 2.45) is 23.1 Å². The summed E-state index contributed by atoms with van der Waals surface area (Å²) in [5.41, 5.74) is 17.9. The second kappa shape index (κ2) is 22.7. The Balaban J connectivity index is 2.19. The quantitative estimate of drug-likeness (QED) is 0.0502. The summed E-state index contributed by atoms with van der Waals surface area (Å²) in [6, 6.07) is -0.116. The highest BCUT2D eigenvalue weighted by molar-refractivity contribution is 5.98. The van der Waals surface area contributed by atoms with Crippen molar-refractivity contribution in [2.75, 3.05) is 13.1 Å². The summed E-state index contributed by atoms with van der Waals surface area (Å²) >= 11 is 0. The zero-order valence-corrected chi connectivity index (χ0v) is 31.8. The van der Waals surface area contributed by atoms with Crippen molar-refractivity contribution in [1.82, 2.24) is 31.5 Å². The van der Waals surface area contributed by atoms with Crippen LogP contribution in [0.5, 0.6) is 0 Å². The number of aliphatic carboxylic acids is 2. The van der Waals surface area contributed by atoms with Crippen LogP contribution >= 0.6 is 0 Å². The fraction of sp³-hybridized carbons (Fsp3) is 0.583. The molecule has 20 nitrogen and oxygen atoms in total. The van der Waals surface area contributed by atoms with Crippen molar-refractivity contribution < 1.29 is 53.4 Å². The van der Waals surface area contributed by atoms with Gasteiger partial charge < -0.3 is 58.9 Å². The Morgan fingerprint density at radius 3 is 1.98 bits per heavy atom. The van der Waals surface area contributed by atoms with Gasteiger partial charge in [-0.15, -0.1) is 0 Å². The zero-order valence-electron chi connectivity index (χ0n) is 31.8. The SMILES string of the molecule is CC(C)[C@H](NC(=O)[C@@H]1CCCN1C(=O)[C@H](CC(N)=O)NC(=O)[C@H](CCCCN)NC(=O)[C@H](C)NC(=O)[C@@H](N)Cc1ccccc1)C(=O)N[C@@H](CC(=O)O)C(=O)O. The second-order valence-electron chi connectivity index (χ2n) is 14.0. The third-order valence-electron chi connectivity index (χ3n) is 9.07. The van der Waals surface area contributed by atoms with Gasteiger partial charge in [0.05, 0.1) is 18.9 Å². The van der Waals surface area contributed by atoms with E-state index in [-0.39, 0.29) is 32.4 Å². The average molecular weight is 790 g/mol. The highest BCUT2D eigenvalue weighted by atomic mass is 16.4. The summed E-state index contributed by atoms with van der Waals surface area (Å²) in [4.78, 5) is 116. The summed E-state index contributed by atoms with van der Waals surface area (Å²) in [5, 5.41) is 30.6. The topological polar surface area (TPSA) is 336 Å². The van der Waals surface area contributed by atoms with Gasteiger partial charge in [0.2, 0.25) is 41.4 Å². The minimum atomic E-state index is -1.77. The van der Waals surface area contributed by atoms with Crippen LogP contribution in [0.2, 0.25) is 0 Å². The normalized spacial score (nSPS) is 17.0. The van der Waals surface area contributed by atoms with Crippen molar-refractivity contribution in [3.8, 4) is 0 Å². The molecule has 1 saturated heterocycles. The van der Waals surface area contributed by atoms with Gasteiger partial charge in [-0.05, 0) is 63.5 Å². The maximum Gasteiger partial charge on any atom is 0.326 e. The fourth-order valence-corrected chi connectivity index (χ4v) is 6.00. The van der Waals surface area contributed by atoms with Gasteiger partial charge in [0.1, 0.15) is 36.3 Å². The van der Waals surface area contributed by atoms with E-state index < -0.39 is 114 Å². The second-order valence-corrected chi connectivity index (χ2v) is 14.0. The summed E-state index contributed by atoms with van der Waals surface area (Å²) in [6.07, 6.45) is 0.0496. The third kappa shape index (κ3) is 14.9. The molecule has 1 aromatic carbocycles. The van der Waals surface area contributed by atoms with Gasteiger partial charge in [0, 0.05) is 6.54 Å². The van der Waals surface area contributed by atoms with Crippen molar-refractivity contribution in [1.29, 1.82) is 0 Å². The lowest BCUT2D eigenvalue weighted by molar-refractivity contribution is -0.148. The van der Waals surface area contributed by atoms with E-state index in [2.05, 4.69) is 26.6 Å². The van der Waals surface area contributed by atoms with Crippen molar-refractivity contribution in [3.63, 3.8) is 0 Å². The molecule has 0 unspecified atom stereocenters. The number of carbonyl (C=O) groups excluding carboxylic acids is 7. The van der Waals surface area contributed by atoms with Gasteiger partial charge in [-0.1, -0.05) is 44.2 Å². The zero-order chi connectivity index (χ0) is 42.1. The predicted octanol–water partition coefficient (Wildman–Crippen LogP) is -2.79. The van der Waals surface area contributed by atoms with Crippen molar-refractivity contribution >= 4 is 53.3 Å². The smallest absolute Gasteiger partial charge is 0.326 e. The number of unbranched alkanes of at least 4 members (excludes halogenated alkanes) is 1. The highest BCUT2D eigenvalue weighted by Gasteiger charge is 2.41. The Bertz CT molecular complexity index is 1580. The lowest BCUT2D eigenvalue weighted by Gasteiger charge is -2.31.